The number of carbonyl (C=O) groups excluding carboxylic acids is 1. The molecule has 1 aliphatic heterocycles. The number of aliphatic carboxylic acids is 1. The molecule has 0 aromatic heterocycles. The molecule has 1 saturated heterocycles. The fourth-order valence-electron chi connectivity index (χ4n) is 2.15. The van der Waals surface area contributed by atoms with Crippen LogP contribution in [0.2, 0.25) is 0 Å². The average Bonchev–Trinajstić information content (AvgIpc) is 2.60. The zero-order chi connectivity index (χ0) is 17.7. The van der Waals surface area contributed by atoms with Crippen molar-refractivity contribution in [1.29, 1.82) is 0 Å². The molecule has 1 heterocycles. The van der Waals surface area contributed by atoms with Gasteiger partial charge in [0.15, 0.2) is 6.10 Å². The number of hydrogen-bond acceptors (Lipinski definition) is 5. The van der Waals surface area contributed by atoms with Crippen molar-refractivity contribution in [3.8, 4) is 0 Å². The second kappa shape index (κ2) is 7.56. The molecule has 1 unspecified atom stereocenters. The molecular weight excluding hydrogens is 336 g/mol. The Morgan fingerprint density at radius 3 is 2.58 bits per heavy atom. The molecule has 24 heavy (non-hydrogen) atoms. The maximum atomic E-state index is 12.1. The Balaban J connectivity index is 2.02. The van der Waals surface area contributed by atoms with E-state index in [-0.39, 0.29) is 24.0 Å². The van der Waals surface area contributed by atoms with Gasteiger partial charge < -0.3 is 14.7 Å². The largest absolute Gasteiger partial charge is 0.479 e. The fourth-order valence-corrected chi connectivity index (χ4v) is 2.88. The molecule has 0 radical (unpaired) electrons. The van der Waals surface area contributed by atoms with E-state index in [0.717, 1.165) is 0 Å². The summed E-state index contributed by atoms with van der Waals surface area (Å²) in [6.45, 7) is 0.497. The van der Waals surface area contributed by atoms with E-state index >= 15 is 0 Å². The van der Waals surface area contributed by atoms with Crippen molar-refractivity contribution in [2.24, 2.45) is 0 Å². The third kappa shape index (κ3) is 4.40. The van der Waals surface area contributed by atoms with Gasteiger partial charge in [-0.25, -0.2) is 17.9 Å². The van der Waals surface area contributed by atoms with E-state index in [1.165, 1.54) is 30.2 Å². The highest BCUT2D eigenvalue weighted by molar-refractivity contribution is 7.89. The van der Waals surface area contributed by atoms with Crippen molar-refractivity contribution in [2.45, 2.75) is 11.0 Å². The van der Waals surface area contributed by atoms with E-state index < -0.39 is 22.1 Å². The summed E-state index contributed by atoms with van der Waals surface area (Å²) in [4.78, 5) is 24.5. The lowest BCUT2D eigenvalue weighted by Crippen LogP contribution is -2.48. The third-order valence-corrected chi connectivity index (χ3v) is 4.96. The zero-order valence-electron chi connectivity index (χ0n) is 13.0. The lowest BCUT2D eigenvalue weighted by Gasteiger charge is -2.30. The van der Waals surface area contributed by atoms with Gasteiger partial charge in [0, 0.05) is 12.6 Å². The summed E-state index contributed by atoms with van der Waals surface area (Å²) in [6, 6.07) is 6.02. The number of nitrogens with zero attached hydrogens (tertiary/aromatic N) is 1. The van der Waals surface area contributed by atoms with Gasteiger partial charge in [-0.05, 0) is 30.8 Å². The molecule has 0 spiro atoms. The van der Waals surface area contributed by atoms with Crippen molar-refractivity contribution in [1.82, 2.24) is 9.62 Å². The summed E-state index contributed by atoms with van der Waals surface area (Å²) in [5.41, 5.74) is 0.654. The van der Waals surface area contributed by atoms with E-state index in [1.807, 2.05) is 0 Å². The van der Waals surface area contributed by atoms with Crippen LogP contribution in [0.25, 0.3) is 6.08 Å². The molecule has 0 saturated carbocycles. The second-order valence-electron chi connectivity index (χ2n) is 5.09. The van der Waals surface area contributed by atoms with E-state index in [1.54, 1.807) is 18.2 Å². The summed E-state index contributed by atoms with van der Waals surface area (Å²) < 4.78 is 30.5. The molecule has 2 rings (SSSR count). The van der Waals surface area contributed by atoms with Crippen LogP contribution in [0.15, 0.2) is 35.2 Å². The van der Waals surface area contributed by atoms with E-state index in [2.05, 4.69) is 4.72 Å². The van der Waals surface area contributed by atoms with Crippen molar-refractivity contribution >= 4 is 28.0 Å². The number of carboxylic acid groups (broad SMARTS) is 1. The van der Waals surface area contributed by atoms with Crippen molar-refractivity contribution in [2.75, 3.05) is 26.7 Å². The van der Waals surface area contributed by atoms with Crippen LogP contribution in [0.5, 0.6) is 0 Å². The number of rotatable bonds is 5. The van der Waals surface area contributed by atoms with Gasteiger partial charge in [-0.15, -0.1) is 0 Å². The molecule has 9 heteroatoms. The Morgan fingerprint density at radius 2 is 2.00 bits per heavy atom. The number of carboxylic acids is 1. The average molecular weight is 354 g/mol. The molecule has 2 N–H and O–H groups in total. The lowest BCUT2D eigenvalue weighted by atomic mass is 10.2. The molecule has 1 aromatic carbocycles. The summed E-state index contributed by atoms with van der Waals surface area (Å²) >= 11 is 0. The van der Waals surface area contributed by atoms with E-state index in [0.29, 0.717) is 12.1 Å². The van der Waals surface area contributed by atoms with Crippen LogP contribution in [-0.2, 0) is 24.3 Å². The molecule has 1 amide bonds. The minimum Gasteiger partial charge on any atom is -0.479 e. The van der Waals surface area contributed by atoms with Gasteiger partial charge in [-0.1, -0.05) is 12.1 Å². The fraction of sp³-hybridized carbons (Fsp3) is 0.333. The van der Waals surface area contributed by atoms with Gasteiger partial charge in [0.1, 0.15) is 0 Å². The first-order valence-corrected chi connectivity index (χ1v) is 8.67. The highest BCUT2D eigenvalue weighted by atomic mass is 32.2. The van der Waals surface area contributed by atoms with Gasteiger partial charge in [0.2, 0.25) is 15.9 Å². The van der Waals surface area contributed by atoms with Crippen molar-refractivity contribution in [3.63, 3.8) is 0 Å². The van der Waals surface area contributed by atoms with Crippen LogP contribution in [-0.4, -0.2) is 63.1 Å². The first kappa shape index (κ1) is 18.1. The Labute approximate surface area is 139 Å². The van der Waals surface area contributed by atoms with Gasteiger partial charge in [0.05, 0.1) is 18.0 Å². The molecule has 0 bridgehead atoms. The smallest absolute Gasteiger partial charge is 0.334 e. The molecule has 8 nitrogen and oxygen atoms in total. The number of sulfonamides is 1. The molecule has 0 aliphatic carbocycles. The first-order chi connectivity index (χ1) is 11.3. The molecule has 1 atom stereocenters. The normalized spacial score (nSPS) is 18.7. The Bertz CT molecular complexity index is 742. The number of nitrogens with one attached hydrogen (secondary N) is 1. The van der Waals surface area contributed by atoms with Crippen molar-refractivity contribution < 1.29 is 27.9 Å². The van der Waals surface area contributed by atoms with Crippen LogP contribution in [0.4, 0.5) is 0 Å². The molecular formula is C15H18N2O6S. The number of ether oxygens (including phenoxy) is 1. The predicted octanol–water partition coefficient (Wildman–Crippen LogP) is -0.0801. The third-order valence-electron chi connectivity index (χ3n) is 3.53. The van der Waals surface area contributed by atoms with Gasteiger partial charge >= 0.3 is 5.97 Å². The van der Waals surface area contributed by atoms with Crippen LogP contribution < -0.4 is 4.72 Å². The number of hydrogen-bond donors (Lipinski definition) is 2. The van der Waals surface area contributed by atoms with E-state index in [4.69, 9.17) is 9.84 Å². The Kier molecular flexibility index (Phi) is 5.71. The zero-order valence-corrected chi connectivity index (χ0v) is 13.8. The minimum atomic E-state index is -3.50. The van der Waals surface area contributed by atoms with Crippen LogP contribution in [0.1, 0.15) is 5.56 Å². The summed E-state index contributed by atoms with van der Waals surface area (Å²) in [5.74, 6) is -1.42. The van der Waals surface area contributed by atoms with Crippen LogP contribution in [0.3, 0.4) is 0 Å². The first-order valence-electron chi connectivity index (χ1n) is 7.18. The number of carbonyl (C=O) groups is 2. The number of amides is 1. The Morgan fingerprint density at radius 1 is 1.33 bits per heavy atom. The van der Waals surface area contributed by atoms with Gasteiger partial charge in [0.25, 0.3) is 0 Å². The molecule has 1 aliphatic rings. The van der Waals surface area contributed by atoms with Crippen molar-refractivity contribution in [3.05, 3.63) is 35.9 Å². The number of morpholine rings is 1. The number of benzene rings is 1. The topological polar surface area (TPSA) is 113 Å². The summed E-state index contributed by atoms with van der Waals surface area (Å²) in [7, 11) is -2.17. The Hall–Kier alpha value is -2.23. The van der Waals surface area contributed by atoms with Gasteiger partial charge in [-0.2, -0.15) is 0 Å². The van der Waals surface area contributed by atoms with Gasteiger partial charge in [-0.3, -0.25) is 4.79 Å². The van der Waals surface area contributed by atoms with Crippen LogP contribution >= 0.6 is 0 Å². The standard InChI is InChI=1S/C15H18N2O6S/c1-16-24(21,22)12-5-2-11(3-6-12)4-7-14(18)17-8-9-23-13(10-17)15(19)20/h2-7,13,16H,8-10H2,1H3,(H,19,20). The summed E-state index contributed by atoms with van der Waals surface area (Å²) in [6.07, 6.45) is 1.86. The quantitative estimate of drug-likeness (QED) is 0.715. The van der Waals surface area contributed by atoms with Crippen LogP contribution in [0, 0.1) is 0 Å². The highest BCUT2D eigenvalue weighted by Gasteiger charge is 2.27. The maximum Gasteiger partial charge on any atom is 0.334 e. The summed E-state index contributed by atoms with van der Waals surface area (Å²) in [5, 5.41) is 8.92. The maximum absolute atomic E-state index is 12.1. The monoisotopic (exact) mass is 354 g/mol. The second-order valence-corrected chi connectivity index (χ2v) is 6.98. The highest BCUT2D eigenvalue weighted by Crippen LogP contribution is 2.12. The lowest BCUT2D eigenvalue weighted by molar-refractivity contribution is -0.158. The molecule has 1 fully saturated rings. The molecule has 1 aromatic rings. The SMILES string of the molecule is CNS(=O)(=O)c1ccc(C=CC(=O)N2CCOC(C(=O)O)C2)cc1. The predicted molar refractivity (Wildman–Crippen MR) is 85.7 cm³/mol. The van der Waals surface area contributed by atoms with E-state index in [9.17, 15) is 18.0 Å². The minimum absolute atomic E-state index is 0.00213. The molecule has 130 valence electrons.